The third kappa shape index (κ3) is 28.9. The van der Waals surface area contributed by atoms with Crippen LogP contribution in [0.1, 0.15) is 162 Å². The van der Waals surface area contributed by atoms with Gasteiger partial charge in [0.15, 0.2) is 6.10 Å². The van der Waals surface area contributed by atoms with E-state index in [2.05, 4.69) is 42.7 Å². The average Bonchev–Trinajstić information content (AvgIpc) is 3.41. The van der Waals surface area contributed by atoms with Gasteiger partial charge in [-0.2, -0.15) is 0 Å². The molecule has 11 nitrogen and oxygen atoms in total. The van der Waals surface area contributed by atoms with Gasteiger partial charge in [-0.1, -0.05) is 140 Å². The zero-order valence-electron chi connectivity index (χ0n) is 33.9. The minimum atomic E-state index is -4.84. The fourth-order valence-electron chi connectivity index (χ4n) is 6.67. The summed E-state index contributed by atoms with van der Waals surface area (Å²) in [7, 11) is -4.84. The lowest BCUT2D eigenvalue weighted by Gasteiger charge is -2.19. The zero-order valence-corrected chi connectivity index (χ0v) is 34.8. The van der Waals surface area contributed by atoms with Crippen molar-refractivity contribution in [2.24, 2.45) is 11.8 Å². The molecule has 55 heavy (non-hydrogen) atoms. The molecule has 0 amide bonds. The van der Waals surface area contributed by atoms with Gasteiger partial charge in [0, 0.05) is 18.8 Å². The Morgan fingerprint density at radius 3 is 1.96 bits per heavy atom. The third-order valence-corrected chi connectivity index (χ3v) is 10.4. The highest BCUT2D eigenvalue weighted by atomic mass is 31.2. The summed E-state index contributed by atoms with van der Waals surface area (Å²) in [4.78, 5) is 43.1. The number of hydrogen-bond donors (Lipinski definition) is 5. The van der Waals surface area contributed by atoms with E-state index in [1.165, 1.54) is 57.8 Å². The predicted octanol–water partition coefficient (Wildman–Crippen LogP) is 9.12. The van der Waals surface area contributed by atoms with Gasteiger partial charge in [-0.25, -0.2) is 4.57 Å². The number of aliphatic hydroxyl groups is 3. The SMILES string of the molecule is CCCCC/C=C\C/C=C\CCCCCCCCCCCC(=O)O[C@H](COC(=O)C/C=C\C[C@H]1[C@@H](/C=C/[C@H](O)CCCCC)[C@H](O)C[C@@H]1O)COP(=O)(O)O. The molecule has 1 fully saturated rings. The highest BCUT2D eigenvalue weighted by molar-refractivity contribution is 7.46. The minimum absolute atomic E-state index is 0.114. The first-order valence-corrected chi connectivity index (χ1v) is 22.7. The molecule has 1 rings (SSSR count). The van der Waals surface area contributed by atoms with Crippen molar-refractivity contribution < 1.29 is 53.3 Å². The Morgan fingerprint density at radius 1 is 0.727 bits per heavy atom. The molecule has 12 heteroatoms. The largest absolute Gasteiger partial charge is 0.469 e. The number of rotatable bonds is 34. The number of phosphoric ester groups is 1. The Bertz CT molecular complexity index is 1150. The molecule has 0 aliphatic heterocycles. The monoisotopic (exact) mass is 799 g/mol. The van der Waals surface area contributed by atoms with Crippen LogP contribution in [0, 0.1) is 11.8 Å². The van der Waals surface area contributed by atoms with Gasteiger partial charge in [0.05, 0.1) is 31.3 Å². The molecule has 0 radical (unpaired) electrons. The second-order valence-corrected chi connectivity index (χ2v) is 16.2. The Morgan fingerprint density at radius 2 is 1.33 bits per heavy atom. The van der Waals surface area contributed by atoms with Crippen LogP contribution >= 0.6 is 7.82 Å². The van der Waals surface area contributed by atoms with E-state index in [0.29, 0.717) is 19.3 Å². The van der Waals surface area contributed by atoms with E-state index in [9.17, 15) is 29.5 Å². The van der Waals surface area contributed by atoms with Crippen LogP contribution in [-0.4, -0.2) is 74.7 Å². The number of allylic oxidation sites excluding steroid dienone is 5. The molecule has 318 valence electrons. The van der Waals surface area contributed by atoms with Crippen LogP contribution in [-0.2, 0) is 28.2 Å². The van der Waals surface area contributed by atoms with Gasteiger partial charge in [-0.05, 0) is 57.3 Å². The highest BCUT2D eigenvalue weighted by Crippen LogP contribution is 2.37. The molecule has 0 aromatic carbocycles. The van der Waals surface area contributed by atoms with Crippen LogP contribution in [0.15, 0.2) is 48.6 Å². The molecular weight excluding hydrogens is 723 g/mol. The summed E-state index contributed by atoms with van der Waals surface area (Å²) in [5.74, 6) is -1.80. The van der Waals surface area contributed by atoms with E-state index in [1.54, 1.807) is 24.3 Å². The molecule has 0 spiro atoms. The van der Waals surface area contributed by atoms with Gasteiger partial charge in [0.1, 0.15) is 6.61 Å². The molecule has 6 atom stereocenters. The fourth-order valence-corrected chi connectivity index (χ4v) is 7.03. The first kappa shape index (κ1) is 50.9. The van der Waals surface area contributed by atoms with E-state index >= 15 is 0 Å². The smallest absolute Gasteiger partial charge is 0.461 e. The van der Waals surface area contributed by atoms with Crippen LogP contribution in [0.4, 0.5) is 0 Å². The number of carbonyl (C=O) groups is 2. The fraction of sp³-hybridized carbons (Fsp3) is 0.767. The number of hydrogen-bond acceptors (Lipinski definition) is 9. The van der Waals surface area contributed by atoms with Gasteiger partial charge in [-0.15, -0.1) is 0 Å². The Labute approximate surface area is 331 Å². The van der Waals surface area contributed by atoms with Crippen LogP contribution < -0.4 is 0 Å². The van der Waals surface area contributed by atoms with Crippen LogP contribution in [0.2, 0.25) is 0 Å². The van der Waals surface area contributed by atoms with E-state index in [0.717, 1.165) is 51.4 Å². The minimum Gasteiger partial charge on any atom is -0.461 e. The number of phosphoric acid groups is 1. The second kappa shape index (κ2) is 32.9. The van der Waals surface area contributed by atoms with Crippen molar-refractivity contribution in [3.8, 4) is 0 Å². The lowest BCUT2D eigenvalue weighted by molar-refractivity contribution is -0.160. The zero-order chi connectivity index (χ0) is 40.6. The maximum Gasteiger partial charge on any atom is 0.469 e. The van der Waals surface area contributed by atoms with Crippen molar-refractivity contribution in [2.75, 3.05) is 13.2 Å². The Balaban J connectivity index is 2.30. The molecule has 0 saturated heterocycles. The number of carbonyl (C=O) groups excluding carboxylic acids is 2. The first-order valence-electron chi connectivity index (χ1n) is 21.2. The normalized spacial score (nSPS) is 20.3. The topological polar surface area (TPSA) is 180 Å². The summed E-state index contributed by atoms with van der Waals surface area (Å²) in [5.41, 5.74) is 0. The summed E-state index contributed by atoms with van der Waals surface area (Å²) in [6, 6.07) is 0. The lowest BCUT2D eigenvalue weighted by Crippen LogP contribution is -2.29. The van der Waals surface area contributed by atoms with Crippen molar-refractivity contribution in [3.63, 3.8) is 0 Å². The van der Waals surface area contributed by atoms with Gasteiger partial charge in [0.2, 0.25) is 0 Å². The van der Waals surface area contributed by atoms with Crippen molar-refractivity contribution >= 4 is 19.8 Å². The van der Waals surface area contributed by atoms with E-state index < -0.39 is 57.4 Å². The quantitative estimate of drug-likeness (QED) is 0.0181. The summed E-state index contributed by atoms with van der Waals surface area (Å²) in [6.07, 6.45) is 33.9. The molecule has 1 saturated carbocycles. The molecule has 0 aromatic heterocycles. The Hall–Kier alpha value is -2.11. The number of unbranched alkanes of at least 4 members (excludes halogenated alkanes) is 14. The second-order valence-electron chi connectivity index (χ2n) is 14.9. The van der Waals surface area contributed by atoms with Crippen LogP contribution in [0.3, 0.4) is 0 Å². The molecule has 1 aliphatic rings. The van der Waals surface area contributed by atoms with Crippen molar-refractivity contribution in [2.45, 2.75) is 186 Å². The summed E-state index contributed by atoms with van der Waals surface area (Å²) in [5, 5.41) is 31.2. The van der Waals surface area contributed by atoms with Gasteiger partial charge < -0.3 is 34.6 Å². The lowest BCUT2D eigenvalue weighted by atomic mass is 9.89. The number of esters is 2. The number of ether oxygens (including phenoxy) is 2. The van der Waals surface area contributed by atoms with Crippen molar-refractivity contribution in [1.29, 1.82) is 0 Å². The van der Waals surface area contributed by atoms with E-state index in [-0.39, 0.29) is 31.1 Å². The molecule has 0 aromatic rings. The van der Waals surface area contributed by atoms with E-state index in [4.69, 9.17) is 19.3 Å². The van der Waals surface area contributed by atoms with Gasteiger partial charge in [-0.3, -0.25) is 14.1 Å². The van der Waals surface area contributed by atoms with Gasteiger partial charge in [0.25, 0.3) is 0 Å². The molecule has 1 aliphatic carbocycles. The van der Waals surface area contributed by atoms with Gasteiger partial charge >= 0.3 is 19.8 Å². The highest BCUT2D eigenvalue weighted by Gasteiger charge is 2.39. The maximum absolute atomic E-state index is 12.5. The standard InChI is InChI=1S/C43H75O11P/c1-3-5-7-8-9-10-11-12-13-14-15-16-17-18-19-20-21-22-24-30-43(48)54-37(35-53-55(49,50)51)34-52-42(47)29-26-25-28-38-39(41(46)33-40(38)45)32-31-36(44)27-23-6-4-2/h9-10,12-13,25-26,31-32,36-41,44-46H,3-8,11,14-24,27-30,33-35H2,1-2H3,(H2,49,50,51)/b10-9-,13-12-,26-25-,32-31+/t36-,37-,38+,39-,40+,41-/m1/s1. The summed E-state index contributed by atoms with van der Waals surface area (Å²) < 4.78 is 26.3. The van der Waals surface area contributed by atoms with Crippen molar-refractivity contribution in [3.05, 3.63) is 48.6 Å². The third-order valence-electron chi connectivity index (χ3n) is 9.92. The molecule has 0 unspecified atom stereocenters. The van der Waals surface area contributed by atoms with Crippen molar-refractivity contribution in [1.82, 2.24) is 0 Å². The average molecular weight is 799 g/mol. The maximum atomic E-state index is 12.5. The van der Waals surface area contributed by atoms with E-state index in [1.807, 2.05) is 0 Å². The first-order chi connectivity index (χ1) is 26.5. The molecule has 0 bridgehead atoms. The van der Waals surface area contributed by atoms with Crippen LogP contribution in [0.25, 0.3) is 0 Å². The molecule has 0 heterocycles. The van der Waals surface area contributed by atoms with Crippen LogP contribution in [0.5, 0.6) is 0 Å². The molecular formula is C43H75O11P. The molecule has 5 N–H and O–H groups in total. The summed E-state index contributed by atoms with van der Waals surface area (Å²) >= 11 is 0. The predicted molar refractivity (Wildman–Crippen MR) is 218 cm³/mol. The number of aliphatic hydroxyl groups excluding tert-OH is 3. The summed E-state index contributed by atoms with van der Waals surface area (Å²) in [6.45, 7) is 3.27. The Kier molecular flexibility index (Phi) is 30.5.